The molecular formula is C10H15N5O. The van der Waals surface area contributed by atoms with Gasteiger partial charge in [-0.1, -0.05) is 6.92 Å². The highest BCUT2D eigenvalue weighted by molar-refractivity contribution is 5.08. The number of aliphatic hydroxyl groups is 1. The van der Waals surface area contributed by atoms with Crippen LogP contribution < -0.4 is 0 Å². The molecule has 0 aromatic carbocycles. The smallest absolute Gasteiger partial charge is 0.148 e. The number of hydrogen-bond acceptors (Lipinski definition) is 4. The maximum atomic E-state index is 9.64. The Morgan fingerprint density at radius 3 is 2.88 bits per heavy atom. The van der Waals surface area contributed by atoms with Gasteiger partial charge < -0.3 is 5.11 Å². The zero-order chi connectivity index (χ0) is 11.5. The van der Waals surface area contributed by atoms with Gasteiger partial charge in [0.25, 0.3) is 0 Å². The SMILES string of the molecule is CCC(O)c1cnn(Cc2ncnn2C)c1. The second-order valence-electron chi connectivity index (χ2n) is 3.70. The molecular weight excluding hydrogens is 206 g/mol. The number of nitrogens with zero attached hydrogens (tertiary/aromatic N) is 5. The lowest BCUT2D eigenvalue weighted by atomic mass is 10.2. The maximum Gasteiger partial charge on any atom is 0.148 e. The van der Waals surface area contributed by atoms with E-state index in [2.05, 4.69) is 15.2 Å². The van der Waals surface area contributed by atoms with Gasteiger partial charge in [0.15, 0.2) is 0 Å². The van der Waals surface area contributed by atoms with Crippen molar-refractivity contribution in [3.63, 3.8) is 0 Å². The molecule has 1 atom stereocenters. The zero-order valence-electron chi connectivity index (χ0n) is 9.41. The fourth-order valence-electron chi connectivity index (χ4n) is 1.48. The minimum absolute atomic E-state index is 0.437. The molecule has 0 spiro atoms. The lowest BCUT2D eigenvalue weighted by molar-refractivity contribution is 0.173. The van der Waals surface area contributed by atoms with Crippen LogP contribution >= 0.6 is 0 Å². The zero-order valence-corrected chi connectivity index (χ0v) is 9.41. The van der Waals surface area contributed by atoms with Crippen LogP contribution in [0.1, 0.15) is 30.8 Å². The van der Waals surface area contributed by atoms with Crippen LogP contribution in [-0.4, -0.2) is 29.7 Å². The van der Waals surface area contributed by atoms with E-state index in [1.807, 2.05) is 20.2 Å². The molecule has 0 bridgehead atoms. The standard InChI is InChI=1S/C10H15N5O/c1-3-9(16)8-4-12-15(5-8)6-10-11-7-13-14(10)2/h4-5,7,9,16H,3,6H2,1-2H3. The molecule has 0 fully saturated rings. The highest BCUT2D eigenvalue weighted by Crippen LogP contribution is 2.14. The summed E-state index contributed by atoms with van der Waals surface area (Å²) in [5, 5.41) is 17.8. The van der Waals surface area contributed by atoms with Crippen LogP contribution in [0.15, 0.2) is 18.7 Å². The van der Waals surface area contributed by atoms with Crippen LogP contribution in [-0.2, 0) is 13.6 Å². The van der Waals surface area contributed by atoms with Gasteiger partial charge in [0, 0.05) is 18.8 Å². The second kappa shape index (κ2) is 4.44. The van der Waals surface area contributed by atoms with Gasteiger partial charge in [-0.25, -0.2) is 4.98 Å². The van der Waals surface area contributed by atoms with Crippen LogP contribution in [0.3, 0.4) is 0 Å². The van der Waals surface area contributed by atoms with Crippen molar-refractivity contribution in [2.75, 3.05) is 0 Å². The maximum absolute atomic E-state index is 9.64. The van der Waals surface area contributed by atoms with E-state index in [0.717, 1.165) is 11.4 Å². The quantitative estimate of drug-likeness (QED) is 0.816. The molecule has 16 heavy (non-hydrogen) atoms. The molecule has 2 rings (SSSR count). The Kier molecular flexibility index (Phi) is 3.00. The minimum Gasteiger partial charge on any atom is -0.388 e. The molecule has 2 aromatic rings. The van der Waals surface area contributed by atoms with Crippen LogP contribution in [0.25, 0.3) is 0 Å². The molecule has 0 aliphatic rings. The first-order valence-corrected chi connectivity index (χ1v) is 5.24. The second-order valence-corrected chi connectivity index (χ2v) is 3.70. The molecule has 0 amide bonds. The predicted molar refractivity (Wildman–Crippen MR) is 57.6 cm³/mol. The normalized spacial score (nSPS) is 12.9. The van der Waals surface area contributed by atoms with Crippen molar-refractivity contribution < 1.29 is 5.11 Å². The highest BCUT2D eigenvalue weighted by atomic mass is 16.3. The molecule has 6 nitrogen and oxygen atoms in total. The first kappa shape index (κ1) is 10.8. The Balaban J connectivity index is 2.11. The van der Waals surface area contributed by atoms with E-state index in [1.165, 1.54) is 6.33 Å². The molecule has 1 N–H and O–H groups in total. The Bertz CT molecular complexity index is 461. The molecule has 2 aromatic heterocycles. The van der Waals surface area contributed by atoms with E-state index in [-0.39, 0.29) is 0 Å². The Hall–Kier alpha value is -1.69. The van der Waals surface area contributed by atoms with Crippen molar-refractivity contribution in [2.24, 2.45) is 7.05 Å². The summed E-state index contributed by atoms with van der Waals surface area (Å²) in [7, 11) is 1.84. The molecule has 0 saturated carbocycles. The van der Waals surface area contributed by atoms with Crippen molar-refractivity contribution in [2.45, 2.75) is 26.0 Å². The number of aliphatic hydroxyl groups excluding tert-OH is 1. The molecule has 1 unspecified atom stereocenters. The van der Waals surface area contributed by atoms with Gasteiger partial charge in [0.1, 0.15) is 18.7 Å². The summed E-state index contributed by atoms with van der Waals surface area (Å²) < 4.78 is 3.45. The van der Waals surface area contributed by atoms with E-state index in [4.69, 9.17) is 0 Å². The molecule has 2 heterocycles. The molecule has 0 aliphatic carbocycles. The number of hydrogen-bond donors (Lipinski definition) is 1. The van der Waals surface area contributed by atoms with Crippen molar-refractivity contribution in [1.29, 1.82) is 0 Å². The summed E-state index contributed by atoms with van der Waals surface area (Å²) in [6, 6.07) is 0. The van der Waals surface area contributed by atoms with E-state index in [0.29, 0.717) is 13.0 Å². The first-order chi connectivity index (χ1) is 7.70. The van der Waals surface area contributed by atoms with Crippen molar-refractivity contribution >= 4 is 0 Å². The average molecular weight is 221 g/mol. The summed E-state index contributed by atoms with van der Waals surface area (Å²) >= 11 is 0. The van der Waals surface area contributed by atoms with Gasteiger partial charge in [0.2, 0.25) is 0 Å². The van der Waals surface area contributed by atoms with Gasteiger partial charge in [-0.15, -0.1) is 0 Å². The Morgan fingerprint density at radius 1 is 1.44 bits per heavy atom. The van der Waals surface area contributed by atoms with Gasteiger partial charge in [-0.3, -0.25) is 9.36 Å². The summed E-state index contributed by atoms with van der Waals surface area (Å²) in [5.41, 5.74) is 0.838. The lowest BCUT2D eigenvalue weighted by Gasteiger charge is -2.03. The lowest BCUT2D eigenvalue weighted by Crippen LogP contribution is -2.07. The van der Waals surface area contributed by atoms with Crippen molar-refractivity contribution in [1.82, 2.24) is 24.5 Å². The van der Waals surface area contributed by atoms with Crippen LogP contribution in [0.4, 0.5) is 0 Å². The number of aryl methyl sites for hydroxylation is 1. The van der Waals surface area contributed by atoms with Crippen LogP contribution in [0.5, 0.6) is 0 Å². The summed E-state index contributed by atoms with van der Waals surface area (Å²) in [6.07, 6.45) is 5.29. The largest absolute Gasteiger partial charge is 0.388 e. The van der Waals surface area contributed by atoms with E-state index in [9.17, 15) is 5.11 Å². The third-order valence-electron chi connectivity index (χ3n) is 2.53. The van der Waals surface area contributed by atoms with Crippen molar-refractivity contribution in [3.05, 3.63) is 30.1 Å². The number of rotatable bonds is 4. The van der Waals surface area contributed by atoms with Gasteiger partial charge in [-0.05, 0) is 6.42 Å². The molecule has 0 saturated heterocycles. The first-order valence-electron chi connectivity index (χ1n) is 5.24. The fourth-order valence-corrected chi connectivity index (χ4v) is 1.48. The van der Waals surface area contributed by atoms with Gasteiger partial charge >= 0.3 is 0 Å². The van der Waals surface area contributed by atoms with E-state index < -0.39 is 6.10 Å². The monoisotopic (exact) mass is 221 g/mol. The summed E-state index contributed by atoms with van der Waals surface area (Å²) in [6.45, 7) is 2.50. The van der Waals surface area contributed by atoms with Crippen LogP contribution in [0.2, 0.25) is 0 Å². The van der Waals surface area contributed by atoms with Gasteiger partial charge in [0.05, 0.1) is 12.3 Å². The topological polar surface area (TPSA) is 68.8 Å². The highest BCUT2D eigenvalue weighted by Gasteiger charge is 2.08. The van der Waals surface area contributed by atoms with E-state index in [1.54, 1.807) is 15.6 Å². The molecule has 6 heteroatoms. The average Bonchev–Trinajstić information content (AvgIpc) is 2.89. The molecule has 0 radical (unpaired) electrons. The predicted octanol–water partition coefficient (Wildman–Crippen LogP) is 0.503. The summed E-state index contributed by atoms with van der Waals surface area (Å²) in [5.74, 6) is 0.834. The third kappa shape index (κ3) is 2.11. The Morgan fingerprint density at radius 2 is 2.25 bits per heavy atom. The summed E-state index contributed by atoms with van der Waals surface area (Å²) in [4.78, 5) is 4.11. The minimum atomic E-state index is -0.437. The molecule has 0 aliphatic heterocycles. The number of aromatic nitrogens is 5. The van der Waals surface area contributed by atoms with Crippen LogP contribution in [0, 0.1) is 0 Å². The Labute approximate surface area is 93.5 Å². The van der Waals surface area contributed by atoms with E-state index >= 15 is 0 Å². The van der Waals surface area contributed by atoms with Crippen molar-refractivity contribution in [3.8, 4) is 0 Å². The fraction of sp³-hybridized carbons (Fsp3) is 0.500. The molecule has 86 valence electrons. The third-order valence-corrected chi connectivity index (χ3v) is 2.53. The van der Waals surface area contributed by atoms with Gasteiger partial charge in [-0.2, -0.15) is 10.2 Å².